The topological polar surface area (TPSA) is 66.5 Å². The molecule has 0 aromatic heterocycles. The van der Waals surface area contributed by atoms with Gasteiger partial charge in [0.15, 0.2) is 0 Å². The van der Waals surface area contributed by atoms with Crippen molar-refractivity contribution in [2.45, 2.75) is 63.8 Å². The van der Waals surface area contributed by atoms with Gasteiger partial charge < -0.3 is 15.9 Å². The number of hydrogen-bond donors (Lipinski definition) is 3. The summed E-state index contributed by atoms with van der Waals surface area (Å²) < 4.78 is 16.4. The molecule has 4 N–H and O–H groups in total. The highest BCUT2D eigenvalue weighted by Gasteiger charge is 2.68. The summed E-state index contributed by atoms with van der Waals surface area (Å²) in [6.07, 6.45) is 8.43. The minimum absolute atomic E-state index is 0.0519. The molecule has 0 saturated heterocycles. The fourth-order valence-corrected chi connectivity index (χ4v) is 6.40. The molecule has 0 heterocycles. The zero-order valence-corrected chi connectivity index (χ0v) is 14.0. The predicted molar refractivity (Wildman–Crippen MR) is 87.4 cm³/mol. The maximum absolute atomic E-state index is 16.4. The fourth-order valence-electron chi connectivity index (χ4n) is 6.40. The van der Waals surface area contributed by atoms with Crippen LogP contribution in [0.4, 0.5) is 4.39 Å². The number of aliphatic hydroxyl groups excluding tert-OH is 2. The quantitative estimate of drug-likeness (QED) is 0.641. The summed E-state index contributed by atoms with van der Waals surface area (Å²) in [4.78, 5) is 0. The molecular weight excluding hydrogens is 293 g/mol. The standard InChI is InChI=1S/C19H28FNO2/c1-17-7-8-19(20)13(14(17)10-15(23)16(17)21)4-3-11-9-12(22)5-6-18(11,19)2/h5-6,9,11,13-16,22-23H,3-4,7-8,10,21H2,1-2H3/t11?,13-,14-,15?,16?,17-,18-,19-/m0/s1. The van der Waals surface area contributed by atoms with Crippen molar-refractivity contribution in [2.24, 2.45) is 34.3 Å². The van der Waals surface area contributed by atoms with Crippen LogP contribution in [0.3, 0.4) is 0 Å². The largest absolute Gasteiger partial charge is 0.508 e. The van der Waals surface area contributed by atoms with Crippen molar-refractivity contribution in [2.75, 3.05) is 0 Å². The monoisotopic (exact) mass is 321 g/mol. The van der Waals surface area contributed by atoms with Crippen molar-refractivity contribution >= 4 is 0 Å². The molecule has 0 aliphatic heterocycles. The molecule has 4 aliphatic rings. The summed E-state index contributed by atoms with van der Waals surface area (Å²) in [5.74, 6) is 0.410. The first-order valence-corrected chi connectivity index (χ1v) is 8.95. The molecule has 4 aliphatic carbocycles. The second kappa shape index (κ2) is 4.60. The maximum Gasteiger partial charge on any atom is 0.123 e. The van der Waals surface area contributed by atoms with Gasteiger partial charge >= 0.3 is 0 Å². The Labute approximate surface area is 137 Å². The van der Waals surface area contributed by atoms with E-state index in [0.29, 0.717) is 12.8 Å². The number of hydrogen-bond acceptors (Lipinski definition) is 3. The lowest BCUT2D eigenvalue weighted by Crippen LogP contribution is -2.62. The summed E-state index contributed by atoms with van der Waals surface area (Å²) in [6.45, 7) is 4.16. The Balaban J connectivity index is 1.75. The third-order valence-electron chi connectivity index (χ3n) is 8.05. The average molecular weight is 321 g/mol. The van der Waals surface area contributed by atoms with E-state index in [1.54, 1.807) is 6.08 Å². The smallest absolute Gasteiger partial charge is 0.123 e. The van der Waals surface area contributed by atoms with Crippen LogP contribution in [0, 0.1) is 28.6 Å². The van der Waals surface area contributed by atoms with Crippen molar-refractivity contribution in [1.82, 2.24) is 0 Å². The SMILES string of the molecule is C[C@]12C=CC(O)=CC1CC[C@H]1[C@@H]3CC(O)C(N)[C@@]3(C)CC[C@]12F. The number of allylic oxidation sites excluding steroid dienone is 3. The molecule has 23 heavy (non-hydrogen) atoms. The van der Waals surface area contributed by atoms with Crippen molar-refractivity contribution < 1.29 is 14.6 Å². The van der Waals surface area contributed by atoms with Gasteiger partial charge in [0.2, 0.25) is 0 Å². The molecule has 0 amide bonds. The van der Waals surface area contributed by atoms with Crippen LogP contribution in [-0.2, 0) is 0 Å². The van der Waals surface area contributed by atoms with Crippen LogP contribution in [0.15, 0.2) is 24.0 Å². The summed E-state index contributed by atoms with van der Waals surface area (Å²) >= 11 is 0. The highest BCUT2D eigenvalue weighted by atomic mass is 19.1. The third kappa shape index (κ3) is 1.77. The lowest BCUT2D eigenvalue weighted by molar-refractivity contribution is -0.153. The van der Waals surface area contributed by atoms with Crippen molar-refractivity contribution in [1.29, 1.82) is 0 Å². The first-order chi connectivity index (χ1) is 10.7. The first kappa shape index (κ1) is 15.6. The molecule has 0 radical (unpaired) electrons. The molecule has 3 saturated carbocycles. The van der Waals surface area contributed by atoms with Gasteiger partial charge in [0.25, 0.3) is 0 Å². The zero-order valence-electron chi connectivity index (χ0n) is 14.0. The van der Waals surface area contributed by atoms with Gasteiger partial charge in [-0.1, -0.05) is 19.9 Å². The highest BCUT2D eigenvalue weighted by molar-refractivity contribution is 5.31. The number of rotatable bonds is 0. The highest BCUT2D eigenvalue weighted by Crippen LogP contribution is 2.67. The second-order valence-corrected chi connectivity index (χ2v) is 8.80. The van der Waals surface area contributed by atoms with Crippen LogP contribution in [0.5, 0.6) is 0 Å². The Hall–Kier alpha value is -0.870. The van der Waals surface area contributed by atoms with Gasteiger partial charge in [0, 0.05) is 11.5 Å². The van der Waals surface area contributed by atoms with Crippen LogP contribution >= 0.6 is 0 Å². The van der Waals surface area contributed by atoms with Gasteiger partial charge in [0.05, 0.1) is 6.10 Å². The van der Waals surface area contributed by atoms with Gasteiger partial charge in [-0.3, -0.25) is 0 Å². The lowest BCUT2D eigenvalue weighted by Gasteiger charge is -2.61. The number of halogens is 1. The van der Waals surface area contributed by atoms with Crippen LogP contribution in [-0.4, -0.2) is 28.0 Å². The van der Waals surface area contributed by atoms with Crippen LogP contribution in [0.25, 0.3) is 0 Å². The molecule has 8 atom stereocenters. The average Bonchev–Trinajstić information content (AvgIpc) is 2.73. The number of fused-ring (bicyclic) bond motifs is 5. The van der Waals surface area contributed by atoms with E-state index in [1.165, 1.54) is 0 Å². The molecule has 0 spiro atoms. The Kier molecular flexibility index (Phi) is 3.13. The number of alkyl halides is 1. The van der Waals surface area contributed by atoms with Gasteiger partial charge in [0.1, 0.15) is 11.4 Å². The number of nitrogens with two attached hydrogens (primary N) is 1. The summed E-state index contributed by atoms with van der Waals surface area (Å²) in [7, 11) is 0. The van der Waals surface area contributed by atoms with Gasteiger partial charge in [-0.15, -0.1) is 0 Å². The fraction of sp³-hybridized carbons (Fsp3) is 0.789. The molecule has 4 heteroatoms. The Morgan fingerprint density at radius 2 is 1.96 bits per heavy atom. The van der Waals surface area contributed by atoms with Gasteiger partial charge in [-0.25, -0.2) is 4.39 Å². The first-order valence-electron chi connectivity index (χ1n) is 8.95. The van der Waals surface area contributed by atoms with E-state index in [1.807, 2.05) is 19.1 Å². The van der Waals surface area contributed by atoms with Crippen molar-refractivity contribution in [3.63, 3.8) is 0 Å². The van der Waals surface area contributed by atoms with E-state index in [4.69, 9.17) is 5.73 Å². The second-order valence-electron chi connectivity index (χ2n) is 8.80. The van der Waals surface area contributed by atoms with Crippen LogP contribution in [0.2, 0.25) is 0 Å². The van der Waals surface area contributed by atoms with E-state index in [-0.39, 0.29) is 35.0 Å². The van der Waals surface area contributed by atoms with E-state index in [2.05, 4.69) is 6.92 Å². The molecule has 0 bridgehead atoms. The minimum atomic E-state index is -1.28. The Bertz CT molecular complexity index is 590. The van der Waals surface area contributed by atoms with E-state index >= 15 is 4.39 Å². The molecule has 4 rings (SSSR count). The molecule has 3 nitrogen and oxygen atoms in total. The van der Waals surface area contributed by atoms with Gasteiger partial charge in [-0.05, 0) is 67.4 Å². The van der Waals surface area contributed by atoms with Crippen LogP contribution < -0.4 is 5.73 Å². The molecule has 0 aromatic carbocycles. The third-order valence-corrected chi connectivity index (χ3v) is 8.05. The number of aliphatic hydroxyl groups is 2. The van der Waals surface area contributed by atoms with E-state index < -0.39 is 17.2 Å². The molecule has 0 aromatic rings. The summed E-state index contributed by atoms with van der Waals surface area (Å²) in [5, 5.41) is 20.1. The Morgan fingerprint density at radius 3 is 2.70 bits per heavy atom. The zero-order chi connectivity index (χ0) is 16.6. The normalized spacial score (nSPS) is 58.1. The van der Waals surface area contributed by atoms with Crippen molar-refractivity contribution in [3.05, 3.63) is 24.0 Å². The molecule has 3 unspecified atom stereocenters. The van der Waals surface area contributed by atoms with Gasteiger partial charge in [-0.2, -0.15) is 0 Å². The molecular formula is C19H28FNO2. The summed E-state index contributed by atoms with van der Waals surface area (Å²) in [6, 6.07) is -0.242. The minimum Gasteiger partial charge on any atom is -0.508 e. The summed E-state index contributed by atoms with van der Waals surface area (Å²) in [5.41, 5.74) is 4.28. The van der Waals surface area contributed by atoms with Crippen molar-refractivity contribution in [3.8, 4) is 0 Å². The maximum atomic E-state index is 16.4. The molecule has 128 valence electrons. The Morgan fingerprint density at radius 1 is 1.22 bits per heavy atom. The van der Waals surface area contributed by atoms with E-state index in [9.17, 15) is 10.2 Å². The van der Waals surface area contributed by atoms with Crippen LogP contribution in [0.1, 0.15) is 46.0 Å². The van der Waals surface area contributed by atoms with E-state index in [0.717, 1.165) is 19.3 Å². The molecule has 3 fully saturated rings. The lowest BCUT2D eigenvalue weighted by atomic mass is 9.45. The predicted octanol–water partition coefficient (Wildman–Crippen LogP) is 3.25.